The lowest BCUT2D eigenvalue weighted by Crippen LogP contribution is -2.34. The molecule has 140 valence electrons. The number of benzene rings is 1. The predicted octanol–water partition coefficient (Wildman–Crippen LogP) is 3.34. The van der Waals surface area contributed by atoms with Crippen LogP contribution in [0.5, 0.6) is 5.75 Å². The van der Waals surface area contributed by atoms with E-state index in [-0.39, 0.29) is 18.1 Å². The Bertz CT molecular complexity index is 680. The van der Waals surface area contributed by atoms with Crippen molar-refractivity contribution in [1.29, 1.82) is 0 Å². The van der Waals surface area contributed by atoms with Gasteiger partial charge in [-0.3, -0.25) is 4.79 Å². The largest absolute Gasteiger partial charge is 0.491 e. The van der Waals surface area contributed by atoms with Crippen LogP contribution < -0.4 is 10.1 Å². The molecular weight excluding hydrogens is 348 g/mol. The van der Waals surface area contributed by atoms with E-state index in [0.29, 0.717) is 18.7 Å². The lowest BCUT2D eigenvalue weighted by molar-refractivity contribution is 0.0679. The van der Waals surface area contributed by atoms with Gasteiger partial charge < -0.3 is 19.7 Å². The average Bonchev–Trinajstić information content (AvgIpc) is 3.34. The van der Waals surface area contributed by atoms with Crippen molar-refractivity contribution in [3.05, 3.63) is 52.2 Å². The van der Waals surface area contributed by atoms with E-state index in [1.807, 2.05) is 32.3 Å². The highest BCUT2D eigenvalue weighted by Gasteiger charge is 2.18. The molecule has 26 heavy (non-hydrogen) atoms. The van der Waals surface area contributed by atoms with Gasteiger partial charge in [0.1, 0.15) is 12.4 Å². The lowest BCUT2D eigenvalue weighted by atomic mass is 10.2. The Hall–Kier alpha value is -1.89. The highest BCUT2D eigenvalue weighted by Crippen LogP contribution is 2.22. The van der Waals surface area contributed by atoms with E-state index in [2.05, 4.69) is 21.7 Å². The highest BCUT2D eigenvalue weighted by molar-refractivity contribution is 7.10. The minimum Gasteiger partial charge on any atom is -0.491 e. The molecule has 0 bridgehead atoms. The fraction of sp³-hybridized carbons (Fsp3) is 0.450. The standard InChI is InChI=1S/C20H26N2O3S/c1-22(2)18(19-6-4-12-26-19)13-21-20(23)15-7-9-16(10-8-15)25-14-17-5-3-11-24-17/h4,6-10,12,17-18H,3,5,11,13-14H2,1-2H3,(H,21,23)/t17-,18-/m0/s1. The molecule has 6 heteroatoms. The van der Waals surface area contributed by atoms with E-state index in [9.17, 15) is 4.79 Å². The third-order valence-electron chi connectivity index (χ3n) is 4.53. The molecule has 1 N–H and O–H groups in total. The number of carbonyl (C=O) groups is 1. The zero-order valence-corrected chi connectivity index (χ0v) is 16.1. The minimum atomic E-state index is -0.0703. The molecule has 2 heterocycles. The van der Waals surface area contributed by atoms with Gasteiger partial charge in [-0.1, -0.05) is 6.07 Å². The van der Waals surface area contributed by atoms with Crippen molar-refractivity contribution < 1.29 is 14.3 Å². The summed E-state index contributed by atoms with van der Waals surface area (Å²) in [4.78, 5) is 15.8. The number of nitrogens with zero attached hydrogens (tertiary/aromatic N) is 1. The van der Waals surface area contributed by atoms with E-state index in [0.717, 1.165) is 25.2 Å². The number of thiophene rings is 1. The second-order valence-electron chi connectivity index (χ2n) is 6.68. The van der Waals surface area contributed by atoms with Crippen LogP contribution in [0.4, 0.5) is 0 Å². The van der Waals surface area contributed by atoms with Crippen LogP contribution in [0.25, 0.3) is 0 Å². The summed E-state index contributed by atoms with van der Waals surface area (Å²) in [6.45, 7) is 1.97. The van der Waals surface area contributed by atoms with Crippen molar-refractivity contribution in [3.8, 4) is 5.75 Å². The van der Waals surface area contributed by atoms with Gasteiger partial charge >= 0.3 is 0 Å². The highest BCUT2D eigenvalue weighted by atomic mass is 32.1. The molecule has 1 aliphatic heterocycles. The van der Waals surface area contributed by atoms with Gasteiger partial charge in [0.2, 0.25) is 0 Å². The van der Waals surface area contributed by atoms with Crippen LogP contribution in [0.15, 0.2) is 41.8 Å². The number of hydrogen-bond donors (Lipinski definition) is 1. The topological polar surface area (TPSA) is 50.8 Å². The molecule has 2 aromatic rings. The molecule has 3 rings (SSSR count). The first-order valence-electron chi connectivity index (χ1n) is 8.96. The predicted molar refractivity (Wildman–Crippen MR) is 104 cm³/mol. The monoisotopic (exact) mass is 374 g/mol. The first-order valence-corrected chi connectivity index (χ1v) is 9.84. The van der Waals surface area contributed by atoms with Crippen molar-refractivity contribution in [2.75, 3.05) is 33.9 Å². The molecule has 1 fully saturated rings. The SMILES string of the molecule is CN(C)[C@@H](CNC(=O)c1ccc(OC[C@@H]2CCCO2)cc1)c1cccs1. The van der Waals surface area contributed by atoms with Gasteiger partial charge in [-0.05, 0) is 62.6 Å². The summed E-state index contributed by atoms with van der Waals surface area (Å²) in [6, 6.07) is 11.6. The number of ether oxygens (including phenoxy) is 2. The minimum absolute atomic E-state index is 0.0703. The number of rotatable bonds is 8. The maximum Gasteiger partial charge on any atom is 0.251 e. The number of amides is 1. The van der Waals surface area contributed by atoms with Gasteiger partial charge in [0.05, 0.1) is 12.1 Å². The Morgan fingerprint density at radius 1 is 1.35 bits per heavy atom. The van der Waals surface area contributed by atoms with E-state index < -0.39 is 0 Å². The number of hydrogen-bond acceptors (Lipinski definition) is 5. The van der Waals surface area contributed by atoms with Crippen molar-refractivity contribution >= 4 is 17.2 Å². The van der Waals surface area contributed by atoms with Gasteiger partial charge in [-0.25, -0.2) is 0 Å². The van der Waals surface area contributed by atoms with E-state index in [4.69, 9.17) is 9.47 Å². The van der Waals surface area contributed by atoms with E-state index in [1.54, 1.807) is 23.5 Å². The van der Waals surface area contributed by atoms with Crippen LogP contribution in [0.2, 0.25) is 0 Å². The summed E-state index contributed by atoms with van der Waals surface area (Å²) in [5, 5.41) is 5.09. The van der Waals surface area contributed by atoms with Gasteiger partial charge in [-0.15, -0.1) is 11.3 Å². The number of carbonyl (C=O) groups excluding carboxylic acids is 1. The molecule has 0 spiro atoms. The normalized spacial score (nSPS) is 18.0. The molecule has 1 aromatic heterocycles. The molecule has 2 atom stereocenters. The van der Waals surface area contributed by atoms with Crippen LogP contribution in [-0.4, -0.2) is 50.8 Å². The van der Waals surface area contributed by atoms with Crippen molar-refractivity contribution in [3.63, 3.8) is 0 Å². The smallest absolute Gasteiger partial charge is 0.251 e. The Morgan fingerprint density at radius 2 is 2.15 bits per heavy atom. The molecule has 1 aromatic carbocycles. The first-order chi connectivity index (χ1) is 12.6. The van der Waals surface area contributed by atoms with E-state index >= 15 is 0 Å². The number of likely N-dealkylation sites (N-methyl/N-ethyl adjacent to an activating group) is 1. The Morgan fingerprint density at radius 3 is 2.77 bits per heavy atom. The van der Waals surface area contributed by atoms with Crippen molar-refractivity contribution in [2.45, 2.75) is 25.0 Å². The Kier molecular flexibility index (Phi) is 6.66. The maximum atomic E-state index is 12.4. The average molecular weight is 375 g/mol. The van der Waals surface area contributed by atoms with E-state index in [1.165, 1.54) is 4.88 Å². The van der Waals surface area contributed by atoms with Crippen LogP contribution in [0, 0.1) is 0 Å². The van der Waals surface area contributed by atoms with Crippen LogP contribution in [0.3, 0.4) is 0 Å². The zero-order valence-electron chi connectivity index (χ0n) is 15.3. The Labute approximate surface area is 158 Å². The summed E-state index contributed by atoms with van der Waals surface area (Å²) in [5.41, 5.74) is 0.637. The van der Waals surface area contributed by atoms with Gasteiger partial charge in [-0.2, -0.15) is 0 Å². The van der Waals surface area contributed by atoms with Gasteiger partial charge in [0.15, 0.2) is 0 Å². The molecule has 1 amide bonds. The quantitative estimate of drug-likeness (QED) is 0.770. The summed E-state index contributed by atoms with van der Waals surface area (Å²) in [5.74, 6) is 0.695. The molecule has 0 saturated carbocycles. The summed E-state index contributed by atoms with van der Waals surface area (Å²) < 4.78 is 11.3. The summed E-state index contributed by atoms with van der Waals surface area (Å²) in [6.07, 6.45) is 2.35. The molecule has 1 saturated heterocycles. The summed E-state index contributed by atoms with van der Waals surface area (Å²) in [7, 11) is 4.05. The number of nitrogens with one attached hydrogen (secondary N) is 1. The van der Waals surface area contributed by atoms with Gasteiger partial charge in [0, 0.05) is 23.6 Å². The van der Waals surface area contributed by atoms with Crippen LogP contribution in [0.1, 0.15) is 34.1 Å². The first kappa shape index (κ1) is 18.9. The zero-order chi connectivity index (χ0) is 18.4. The molecular formula is C20H26N2O3S. The van der Waals surface area contributed by atoms with Crippen LogP contribution in [-0.2, 0) is 4.74 Å². The Balaban J connectivity index is 1.50. The van der Waals surface area contributed by atoms with Gasteiger partial charge in [0.25, 0.3) is 5.91 Å². The van der Waals surface area contributed by atoms with Crippen LogP contribution >= 0.6 is 11.3 Å². The van der Waals surface area contributed by atoms with Crippen molar-refractivity contribution in [2.24, 2.45) is 0 Å². The third-order valence-corrected chi connectivity index (χ3v) is 5.50. The lowest BCUT2D eigenvalue weighted by Gasteiger charge is -2.23. The van der Waals surface area contributed by atoms with Crippen molar-refractivity contribution in [1.82, 2.24) is 10.2 Å². The third kappa shape index (κ3) is 5.06. The molecule has 0 unspecified atom stereocenters. The fourth-order valence-electron chi connectivity index (χ4n) is 2.98. The second-order valence-corrected chi connectivity index (χ2v) is 7.65. The maximum absolute atomic E-state index is 12.4. The molecule has 0 radical (unpaired) electrons. The molecule has 1 aliphatic rings. The second kappa shape index (κ2) is 9.16. The fourth-order valence-corrected chi connectivity index (χ4v) is 3.90. The molecule has 5 nitrogen and oxygen atoms in total. The molecule has 0 aliphatic carbocycles. The summed E-state index contributed by atoms with van der Waals surface area (Å²) >= 11 is 1.70.